The van der Waals surface area contributed by atoms with Gasteiger partial charge in [-0.1, -0.05) is 17.7 Å². The van der Waals surface area contributed by atoms with Crippen LogP contribution in [0.3, 0.4) is 0 Å². The maximum atomic E-state index is 13.0. The number of piperazine rings is 1. The standard InChI is InChI=1S/C17H20ClF3N4O4S/c1-2-5-22-16(27)23-15(26)11-24-6-8-25(9-7-24)30(28,29)12-3-4-14(18)13(10-12)17(19,20)21/h2-4,10H,1,5-9,11H2,(H2,22,23,26,27). The minimum absolute atomic E-state index is 0.0255. The number of nitrogens with zero attached hydrogens (tertiary/aromatic N) is 2. The maximum absolute atomic E-state index is 13.0. The van der Waals surface area contributed by atoms with E-state index >= 15 is 0 Å². The molecule has 0 aliphatic carbocycles. The molecule has 30 heavy (non-hydrogen) atoms. The summed E-state index contributed by atoms with van der Waals surface area (Å²) < 4.78 is 65.5. The van der Waals surface area contributed by atoms with Crippen molar-refractivity contribution in [2.75, 3.05) is 39.3 Å². The first kappa shape index (κ1) is 24.1. The van der Waals surface area contributed by atoms with E-state index in [2.05, 4.69) is 17.2 Å². The first-order chi connectivity index (χ1) is 13.9. The summed E-state index contributed by atoms with van der Waals surface area (Å²) in [6.45, 7) is 3.77. The van der Waals surface area contributed by atoms with Crippen molar-refractivity contribution in [1.82, 2.24) is 19.8 Å². The Morgan fingerprint density at radius 2 is 1.83 bits per heavy atom. The smallest absolute Gasteiger partial charge is 0.334 e. The van der Waals surface area contributed by atoms with Gasteiger partial charge < -0.3 is 5.32 Å². The van der Waals surface area contributed by atoms with Crippen LogP contribution < -0.4 is 10.6 Å². The highest BCUT2D eigenvalue weighted by atomic mass is 35.5. The molecule has 1 heterocycles. The van der Waals surface area contributed by atoms with Gasteiger partial charge in [-0.15, -0.1) is 6.58 Å². The lowest BCUT2D eigenvalue weighted by molar-refractivity contribution is -0.137. The molecule has 1 aliphatic rings. The SMILES string of the molecule is C=CCNC(=O)NC(=O)CN1CCN(S(=O)(=O)c2ccc(Cl)c(C(F)(F)F)c2)CC1. The molecule has 1 aromatic carbocycles. The molecular formula is C17H20ClF3N4O4S. The molecule has 1 fully saturated rings. The Morgan fingerprint density at radius 3 is 2.40 bits per heavy atom. The van der Waals surface area contributed by atoms with Gasteiger partial charge in [0.25, 0.3) is 0 Å². The lowest BCUT2D eigenvalue weighted by Gasteiger charge is -2.33. The number of urea groups is 1. The summed E-state index contributed by atoms with van der Waals surface area (Å²) in [5.41, 5.74) is -1.23. The van der Waals surface area contributed by atoms with Crippen molar-refractivity contribution in [3.05, 3.63) is 41.4 Å². The second-order valence-electron chi connectivity index (χ2n) is 6.37. The molecule has 2 N–H and O–H groups in total. The van der Waals surface area contributed by atoms with Crippen LogP contribution >= 0.6 is 11.6 Å². The van der Waals surface area contributed by atoms with Crippen LogP contribution in [0.4, 0.5) is 18.0 Å². The molecule has 0 saturated carbocycles. The summed E-state index contributed by atoms with van der Waals surface area (Å²) in [5, 5.41) is 3.92. The van der Waals surface area contributed by atoms with Crippen molar-refractivity contribution < 1.29 is 31.2 Å². The zero-order chi connectivity index (χ0) is 22.5. The molecule has 0 unspecified atom stereocenters. The van der Waals surface area contributed by atoms with Crippen LogP contribution in [-0.2, 0) is 21.0 Å². The lowest BCUT2D eigenvalue weighted by atomic mass is 10.2. The first-order valence-electron chi connectivity index (χ1n) is 8.73. The average Bonchev–Trinajstić information content (AvgIpc) is 2.66. The number of sulfonamides is 1. The van der Waals surface area contributed by atoms with Crippen LogP contribution in [0.2, 0.25) is 5.02 Å². The summed E-state index contributed by atoms with van der Waals surface area (Å²) in [4.78, 5) is 24.4. The number of hydrogen-bond acceptors (Lipinski definition) is 5. The highest BCUT2D eigenvalue weighted by Gasteiger charge is 2.36. The largest absolute Gasteiger partial charge is 0.417 e. The van der Waals surface area contributed by atoms with E-state index in [0.717, 1.165) is 16.4 Å². The van der Waals surface area contributed by atoms with E-state index < -0.39 is 43.6 Å². The van der Waals surface area contributed by atoms with E-state index in [9.17, 15) is 31.2 Å². The average molecular weight is 469 g/mol. The molecule has 166 valence electrons. The highest BCUT2D eigenvalue weighted by molar-refractivity contribution is 7.89. The molecule has 0 bridgehead atoms. The van der Waals surface area contributed by atoms with E-state index in [-0.39, 0.29) is 39.3 Å². The van der Waals surface area contributed by atoms with Crippen molar-refractivity contribution in [2.24, 2.45) is 0 Å². The van der Waals surface area contributed by atoms with Gasteiger partial charge in [-0.2, -0.15) is 17.5 Å². The molecule has 0 spiro atoms. The van der Waals surface area contributed by atoms with Crippen molar-refractivity contribution in [3.8, 4) is 0 Å². The number of nitrogens with one attached hydrogen (secondary N) is 2. The van der Waals surface area contributed by atoms with Gasteiger partial charge in [0.05, 0.1) is 22.0 Å². The van der Waals surface area contributed by atoms with E-state index in [4.69, 9.17) is 11.6 Å². The number of amides is 3. The number of carbonyl (C=O) groups is 2. The molecular weight excluding hydrogens is 449 g/mol. The number of hydrogen-bond donors (Lipinski definition) is 2. The second kappa shape index (κ2) is 9.77. The van der Waals surface area contributed by atoms with Gasteiger partial charge in [0.1, 0.15) is 0 Å². The molecule has 1 aliphatic heterocycles. The Balaban J connectivity index is 1.98. The molecule has 3 amide bonds. The molecule has 0 atom stereocenters. The Morgan fingerprint density at radius 1 is 1.20 bits per heavy atom. The minimum Gasteiger partial charge on any atom is -0.334 e. The summed E-state index contributed by atoms with van der Waals surface area (Å²) in [6, 6.07) is 1.76. The summed E-state index contributed by atoms with van der Waals surface area (Å²) in [5.74, 6) is -0.569. The highest BCUT2D eigenvalue weighted by Crippen LogP contribution is 2.36. The van der Waals surface area contributed by atoms with Crippen LogP contribution in [-0.4, -0.2) is 68.8 Å². The second-order valence-corrected chi connectivity index (χ2v) is 8.71. The summed E-state index contributed by atoms with van der Waals surface area (Å²) in [6.07, 6.45) is -3.34. The van der Waals surface area contributed by atoms with Gasteiger partial charge in [-0.3, -0.25) is 15.0 Å². The van der Waals surface area contributed by atoms with Crippen molar-refractivity contribution >= 4 is 33.6 Å². The maximum Gasteiger partial charge on any atom is 0.417 e. The van der Waals surface area contributed by atoms with Gasteiger partial charge in [0.2, 0.25) is 15.9 Å². The van der Waals surface area contributed by atoms with Crippen LogP contribution in [0.25, 0.3) is 0 Å². The Labute approximate surface area is 176 Å². The van der Waals surface area contributed by atoms with Crippen molar-refractivity contribution in [1.29, 1.82) is 0 Å². The van der Waals surface area contributed by atoms with Crippen LogP contribution in [0.15, 0.2) is 35.7 Å². The normalized spacial score (nSPS) is 16.1. The van der Waals surface area contributed by atoms with Crippen molar-refractivity contribution in [2.45, 2.75) is 11.1 Å². The van der Waals surface area contributed by atoms with Crippen molar-refractivity contribution in [3.63, 3.8) is 0 Å². The first-order valence-corrected chi connectivity index (χ1v) is 10.5. The van der Waals surface area contributed by atoms with Gasteiger partial charge >= 0.3 is 12.2 Å². The number of halogens is 4. The molecule has 13 heteroatoms. The zero-order valence-corrected chi connectivity index (χ0v) is 17.3. The number of rotatable bonds is 6. The predicted molar refractivity (Wildman–Crippen MR) is 103 cm³/mol. The van der Waals surface area contributed by atoms with Crippen LogP contribution in [0, 0.1) is 0 Å². The lowest BCUT2D eigenvalue weighted by Crippen LogP contribution is -2.52. The molecule has 0 radical (unpaired) electrons. The number of carbonyl (C=O) groups excluding carboxylic acids is 2. The molecule has 1 aromatic rings. The monoisotopic (exact) mass is 468 g/mol. The fourth-order valence-electron chi connectivity index (χ4n) is 2.74. The Kier molecular flexibility index (Phi) is 7.86. The van der Waals surface area contributed by atoms with E-state index in [1.165, 1.54) is 6.08 Å². The topological polar surface area (TPSA) is 98.8 Å². The summed E-state index contributed by atoms with van der Waals surface area (Å²) in [7, 11) is -4.17. The van der Waals surface area contributed by atoms with Crippen LogP contribution in [0.5, 0.6) is 0 Å². The Hall–Kier alpha value is -2.15. The Bertz CT molecular complexity index is 916. The fraction of sp³-hybridized carbons (Fsp3) is 0.412. The van der Waals surface area contributed by atoms with Crippen LogP contribution in [0.1, 0.15) is 5.56 Å². The van der Waals surface area contributed by atoms with E-state index in [1.807, 2.05) is 0 Å². The van der Waals surface area contributed by atoms with Gasteiger partial charge in [-0.25, -0.2) is 13.2 Å². The number of benzene rings is 1. The van der Waals surface area contributed by atoms with E-state index in [0.29, 0.717) is 6.07 Å². The van der Waals surface area contributed by atoms with Gasteiger partial charge in [0.15, 0.2) is 0 Å². The quantitative estimate of drug-likeness (QED) is 0.619. The third-order valence-electron chi connectivity index (χ3n) is 4.24. The molecule has 1 saturated heterocycles. The molecule has 0 aromatic heterocycles. The van der Waals surface area contributed by atoms with Gasteiger partial charge in [0, 0.05) is 32.7 Å². The fourth-order valence-corrected chi connectivity index (χ4v) is 4.41. The molecule has 8 nitrogen and oxygen atoms in total. The third-order valence-corrected chi connectivity index (χ3v) is 6.46. The number of imide groups is 1. The van der Waals surface area contributed by atoms with Gasteiger partial charge in [-0.05, 0) is 18.2 Å². The zero-order valence-electron chi connectivity index (χ0n) is 15.7. The van der Waals surface area contributed by atoms with E-state index in [1.54, 1.807) is 4.90 Å². The summed E-state index contributed by atoms with van der Waals surface area (Å²) >= 11 is 5.54. The molecule has 2 rings (SSSR count). The predicted octanol–water partition coefficient (Wildman–Crippen LogP) is 1.68. The minimum atomic E-state index is -4.79. The third kappa shape index (κ3) is 6.17. The number of alkyl halides is 3.